The minimum Gasteiger partial charge on any atom is -0.466 e. The molecule has 2 aliphatic heterocycles. The average molecular weight is 876 g/mol. The first-order valence-electron chi connectivity index (χ1n) is 27.8. The average Bonchev–Trinajstić information content (AvgIpc) is 3.95. The predicted molar refractivity (Wildman–Crippen MR) is 262 cm³/mol. The molecule has 2 aliphatic rings. The van der Waals surface area contributed by atoms with E-state index in [2.05, 4.69) is 32.6 Å². The van der Waals surface area contributed by atoms with Crippen molar-refractivity contribution in [2.24, 2.45) is 11.8 Å². The molecule has 0 amide bonds. The second kappa shape index (κ2) is 40.1. The van der Waals surface area contributed by atoms with Gasteiger partial charge in [0.25, 0.3) is 0 Å². The van der Waals surface area contributed by atoms with Crippen LogP contribution < -0.4 is 0 Å². The minimum atomic E-state index is -0.396. The highest BCUT2D eigenvalue weighted by molar-refractivity contribution is 5.69. The molecule has 0 aromatic rings. The maximum Gasteiger partial charge on any atom is 0.305 e. The summed E-state index contributed by atoms with van der Waals surface area (Å²) in [6.07, 6.45) is 46.2. The van der Waals surface area contributed by atoms with Crippen LogP contribution in [0.25, 0.3) is 0 Å². The summed E-state index contributed by atoms with van der Waals surface area (Å²) >= 11 is 0. The molecule has 0 saturated carbocycles. The van der Waals surface area contributed by atoms with Crippen LogP contribution in [0.4, 0.5) is 0 Å². The third-order valence-corrected chi connectivity index (χ3v) is 14.2. The highest BCUT2D eigenvalue weighted by Gasteiger charge is 2.40. The molecule has 2 saturated heterocycles. The summed E-state index contributed by atoms with van der Waals surface area (Å²) in [5, 5.41) is 0. The molecule has 0 aromatic heterocycles. The normalized spacial score (nSPS) is 16.6. The number of esters is 2. The minimum absolute atomic E-state index is 0.00474. The number of ether oxygens (including phenoxy) is 4. The molecule has 62 heavy (non-hydrogen) atoms. The standard InChI is InChI=1S/C55H105NO6/c1-5-9-23-33-50(34-24-10-6-2)40-47-59-53(57)37-27-19-15-13-17-21-29-42-55(61-49-52(62-55)39-46-56-44-31-32-45-56)43-30-22-18-14-16-20-28-38-54(58)60-48-41-51(35-25-11-7-3)36-26-12-8-4/h50-52H,5-49H2,1-4H3. The van der Waals surface area contributed by atoms with Gasteiger partial charge < -0.3 is 23.8 Å². The van der Waals surface area contributed by atoms with Crippen LogP contribution in [0.2, 0.25) is 0 Å². The fourth-order valence-electron chi connectivity index (χ4n) is 10.00. The summed E-state index contributed by atoms with van der Waals surface area (Å²) < 4.78 is 24.7. The summed E-state index contributed by atoms with van der Waals surface area (Å²) in [5.74, 6) is 1.05. The lowest BCUT2D eigenvalue weighted by atomic mass is 9.92. The van der Waals surface area contributed by atoms with Crippen molar-refractivity contribution < 1.29 is 28.5 Å². The van der Waals surface area contributed by atoms with E-state index in [-0.39, 0.29) is 18.0 Å². The van der Waals surface area contributed by atoms with E-state index < -0.39 is 5.79 Å². The van der Waals surface area contributed by atoms with E-state index in [1.807, 2.05) is 0 Å². The van der Waals surface area contributed by atoms with Crippen LogP contribution in [-0.4, -0.2) is 68.2 Å². The summed E-state index contributed by atoms with van der Waals surface area (Å²) in [5.41, 5.74) is 0. The van der Waals surface area contributed by atoms with E-state index in [1.165, 1.54) is 180 Å². The molecule has 0 spiro atoms. The number of carbonyl (C=O) groups is 2. The van der Waals surface area contributed by atoms with E-state index in [9.17, 15) is 9.59 Å². The summed E-state index contributed by atoms with van der Waals surface area (Å²) in [6.45, 7) is 14.7. The van der Waals surface area contributed by atoms with Crippen molar-refractivity contribution in [3.8, 4) is 0 Å². The number of rotatable bonds is 45. The van der Waals surface area contributed by atoms with Gasteiger partial charge in [-0.15, -0.1) is 0 Å². The number of unbranched alkanes of at least 4 members (excludes halogenated alkanes) is 20. The summed E-state index contributed by atoms with van der Waals surface area (Å²) in [4.78, 5) is 27.4. The Bertz CT molecular complexity index is 936. The van der Waals surface area contributed by atoms with Crippen LogP contribution >= 0.6 is 0 Å². The van der Waals surface area contributed by atoms with Crippen molar-refractivity contribution in [3.63, 3.8) is 0 Å². The van der Waals surface area contributed by atoms with Crippen LogP contribution in [0.15, 0.2) is 0 Å². The molecule has 0 radical (unpaired) electrons. The second-order valence-corrected chi connectivity index (χ2v) is 20.0. The van der Waals surface area contributed by atoms with E-state index in [4.69, 9.17) is 18.9 Å². The van der Waals surface area contributed by atoms with Gasteiger partial charge in [-0.25, -0.2) is 0 Å². The molecule has 0 aromatic carbocycles. The van der Waals surface area contributed by atoms with E-state index >= 15 is 0 Å². The van der Waals surface area contributed by atoms with Gasteiger partial charge in [-0.3, -0.25) is 9.59 Å². The van der Waals surface area contributed by atoms with Gasteiger partial charge in [-0.05, 0) is 82.7 Å². The lowest BCUT2D eigenvalue weighted by Crippen LogP contribution is -2.32. The van der Waals surface area contributed by atoms with Crippen molar-refractivity contribution in [1.29, 1.82) is 0 Å². The van der Waals surface area contributed by atoms with Gasteiger partial charge in [-0.2, -0.15) is 0 Å². The SMILES string of the molecule is CCCCCC(CCCCC)CCOC(=O)CCCCCCCCCC1(CCCCCCCCCC(=O)OCCC(CCCCC)CCCCC)OCC(CCN2CCCC2)O1. The number of nitrogens with zero attached hydrogens (tertiary/aromatic N) is 1. The Kier molecular flexibility index (Phi) is 36.9. The zero-order valence-electron chi connectivity index (χ0n) is 41.9. The van der Waals surface area contributed by atoms with Crippen molar-refractivity contribution >= 4 is 11.9 Å². The number of hydrogen-bond donors (Lipinski definition) is 0. The Morgan fingerprint density at radius 3 is 1.31 bits per heavy atom. The second-order valence-electron chi connectivity index (χ2n) is 20.0. The van der Waals surface area contributed by atoms with Gasteiger partial charge in [0.05, 0.1) is 25.9 Å². The first kappa shape index (κ1) is 56.9. The number of hydrogen-bond acceptors (Lipinski definition) is 7. The first-order chi connectivity index (χ1) is 30.4. The third kappa shape index (κ3) is 30.9. The lowest BCUT2D eigenvalue weighted by Gasteiger charge is -2.29. The van der Waals surface area contributed by atoms with Crippen LogP contribution in [0.1, 0.15) is 278 Å². The van der Waals surface area contributed by atoms with E-state index in [0.29, 0.717) is 37.9 Å². The summed E-state index contributed by atoms with van der Waals surface area (Å²) in [7, 11) is 0. The Hall–Kier alpha value is -1.18. The van der Waals surface area contributed by atoms with Gasteiger partial charge >= 0.3 is 11.9 Å². The van der Waals surface area contributed by atoms with E-state index in [0.717, 1.165) is 83.8 Å². The predicted octanol–water partition coefficient (Wildman–Crippen LogP) is 16.0. The van der Waals surface area contributed by atoms with Crippen molar-refractivity contribution in [2.45, 2.75) is 290 Å². The van der Waals surface area contributed by atoms with Gasteiger partial charge in [-0.1, -0.05) is 195 Å². The molecule has 7 heteroatoms. The van der Waals surface area contributed by atoms with Crippen LogP contribution in [-0.2, 0) is 28.5 Å². The smallest absolute Gasteiger partial charge is 0.305 e. The molecule has 0 bridgehead atoms. The molecule has 0 N–H and O–H groups in total. The van der Waals surface area contributed by atoms with Gasteiger partial charge in [0.2, 0.25) is 0 Å². The quantitative estimate of drug-likeness (QED) is 0.0446. The molecule has 2 fully saturated rings. The zero-order valence-corrected chi connectivity index (χ0v) is 41.9. The molecular formula is C55H105NO6. The molecule has 366 valence electrons. The van der Waals surface area contributed by atoms with Crippen molar-refractivity contribution in [2.75, 3.05) is 39.5 Å². The van der Waals surface area contributed by atoms with Gasteiger partial charge in [0.15, 0.2) is 5.79 Å². The topological polar surface area (TPSA) is 74.3 Å². The maximum atomic E-state index is 12.4. The van der Waals surface area contributed by atoms with E-state index in [1.54, 1.807) is 0 Å². The number of carbonyl (C=O) groups excluding carboxylic acids is 2. The van der Waals surface area contributed by atoms with Crippen LogP contribution in [0.5, 0.6) is 0 Å². The Morgan fingerprint density at radius 1 is 0.516 bits per heavy atom. The van der Waals surface area contributed by atoms with Crippen molar-refractivity contribution in [3.05, 3.63) is 0 Å². The fraction of sp³-hybridized carbons (Fsp3) is 0.964. The largest absolute Gasteiger partial charge is 0.466 e. The fourth-order valence-corrected chi connectivity index (χ4v) is 10.00. The molecule has 2 heterocycles. The first-order valence-corrected chi connectivity index (χ1v) is 27.8. The Morgan fingerprint density at radius 2 is 0.903 bits per heavy atom. The zero-order chi connectivity index (χ0) is 44.6. The third-order valence-electron chi connectivity index (χ3n) is 14.2. The molecular weight excluding hydrogens is 771 g/mol. The molecule has 1 unspecified atom stereocenters. The Balaban J connectivity index is 1.57. The lowest BCUT2D eigenvalue weighted by molar-refractivity contribution is -0.180. The van der Waals surface area contributed by atoms with Crippen LogP contribution in [0, 0.1) is 11.8 Å². The van der Waals surface area contributed by atoms with Crippen LogP contribution in [0.3, 0.4) is 0 Å². The molecule has 7 nitrogen and oxygen atoms in total. The highest BCUT2D eigenvalue weighted by Crippen LogP contribution is 2.36. The van der Waals surface area contributed by atoms with Gasteiger partial charge in [0.1, 0.15) is 0 Å². The molecule has 1 atom stereocenters. The summed E-state index contributed by atoms with van der Waals surface area (Å²) in [6, 6.07) is 0. The molecule has 0 aliphatic carbocycles. The Labute approximate surface area is 385 Å². The monoisotopic (exact) mass is 876 g/mol. The number of likely N-dealkylation sites (tertiary alicyclic amines) is 1. The maximum absolute atomic E-state index is 12.4. The van der Waals surface area contributed by atoms with Crippen molar-refractivity contribution in [1.82, 2.24) is 4.90 Å². The van der Waals surface area contributed by atoms with Gasteiger partial charge in [0, 0.05) is 32.2 Å². The highest BCUT2D eigenvalue weighted by atomic mass is 16.7. The molecule has 2 rings (SSSR count).